The average molecular weight is 490 g/mol. The van der Waals surface area contributed by atoms with Crippen molar-refractivity contribution >= 4 is 50.9 Å². The number of fused-ring (bicyclic) bond motifs is 2. The first kappa shape index (κ1) is 23.0. The molecule has 2 aromatic heterocycles. The third-order valence-corrected chi connectivity index (χ3v) is 6.83. The predicted molar refractivity (Wildman–Crippen MR) is 137 cm³/mol. The Balaban J connectivity index is 1.49. The maximum Gasteiger partial charge on any atom is 0.336 e. The summed E-state index contributed by atoms with van der Waals surface area (Å²) < 4.78 is 0. The molecule has 4 aromatic rings. The van der Waals surface area contributed by atoms with Gasteiger partial charge in [-0.1, -0.05) is 29.8 Å². The first-order valence-electron chi connectivity index (χ1n) is 11.4. The second-order valence-corrected chi connectivity index (χ2v) is 9.12. The minimum atomic E-state index is -1.27. The molecule has 8 heteroatoms. The average Bonchev–Trinajstić information content (AvgIpc) is 3.47. The molecule has 0 radical (unpaired) electrons. The summed E-state index contributed by atoms with van der Waals surface area (Å²) in [5.74, 6) is -2.51. The summed E-state index contributed by atoms with van der Waals surface area (Å²) in [4.78, 5) is 32.3. The second-order valence-electron chi connectivity index (χ2n) is 8.68. The Kier molecular flexibility index (Phi) is 6.19. The smallest absolute Gasteiger partial charge is 0.336 e. The van der Waals surface area contributed by atoms with Gasteiger partial charge in [0.05, 0.1) is 5.57 Å². The highest BCUT2D eigenvalue weighted by Gasteiger charge is 2.27. The van der Waals surface area contributed by atoms with Crippen LogP contribution in [0.3, 0.4) is 0 Å². The lowest BCUT2D eigenvalue weighted by Crippen LogP contribution is -2.34. The monoisotopic (exact) mass is 489 g/mol. The van der Waals surface area contributed by atoms with Crippen LogP contribution in [0.4, 0.5) is 0 Å². The molecule has 0 aliphatic carbocycles. The van der Waals surface area contributed by atoms with E-state index in [2.05, 4.69) is 14.9 Å². The van der Waals surface area contributed by atoms with Crippen molar-refractivity contribution in [1.29, 1.82) is 0 Å². The molecule has 2 aromatic carbocycles. The summed E-state index contributed by atoms with van der Waals surface area (Å²) in [6, 6.07) is 13.6. The van der Waals surface area contributed by atoms with Crippen molar-refractivity contribution < 1.29 is 19.8 Å². The molecule has 0 unspecified atom stereocenters. The van der Waals surface area contributed by atoms with Crippen LogP contribution < -0.4 is 0 Å². The first-order valence-corrected chi connectivity index (χ1v) is 11.7. The number of benzene rings is 2. The largest absolute Gasteiger partial charge is 0.478 e. The summed E-state index contributed by atoms with van der Waals surface area (Å²) in [6.45, 7) is 1.81. The molecule has 7 nitrogen and oxygen atoms in total. The minimum Gasteiger partial charge on any atom is -0.478 e. The molecule has 0 atom stereocenters. The third-order valence-electron chi connectivity index (χ3n) is 6.59. The van der Waals surface area contributed by atoms with Gasteiger partial charge in [0.15, 0.2) is 0 Å². The van der Waals surface area contributed by atoms with Gasteiger partial charge in [-0.25, -0.2) is 9.59 Å². The molecule has 1 aliphatic rings. The number of carbonyl (C=O) groups is 2. The van der Waals surface area contributed by atoms with E-state index in [0.29, 0.717) is 30.1 Å². The molecule has 0 spiro atoms. The van der Waals surface area contributed by atoms with Crippen molar-refractivity contribution in [2.75, 3.05) is 19.6 Å². The van der Waals surface area contributed by atoms with Gasteiger partial charge in [0.2, 0.25) is 0 Å². The van der Waals surface area contributed by atoms with Crippen molar-refractivity contribution in [3.63, 3.8) is 0 Å². The van der Waals surface area contributed by atoms with Gasteiger partial charge in [-0.05, 0) is 59.4 Å². The van der Waals surface area contributed by atoms with Gasteiger partial charge in [0, 0.05) is 64.9 Å². The van der Waals surface area contributed by atoms with Gasteiger partial charge in [-0.15, -0.1) is 0 Å². The van der Waals surface area contributed by atoms with Crippen LogP contribution in [-0.2, 0) is 16.0 Å². The van der Waals surface area contributed by atoms with Gasteiger partial charge < -0.3 is 20.2 Å². The fourth-order valence-electron chi connectivity index (χ4n) is 4.95. The molecule has 0 fully saturated rings. The van der Waals surface area contributed by atoms with E-state index >= 15 is 0 Å². The quantitative estimate of drug-likeness (QED) is 0.270. The number of aliphatic carboxylic acids is 2. The molecule has 1 aliphatic heterocycles. The van der Waals surface area contributed by atoms with Gasteiger partial charge in [-0.3, -0.25) is 4.90 Å². The van der Waals surface area contributed by atoms with Gasteiger partial charge >= 0.3 is 11.9 Å². The number of hydrogen-bond donors (Lipinski definition) is 4. The molecule has 4 N–H and O–H groups in total. The molecular formula is C27H24ClN3O4. The number of aromatic amines is 2. The summed E-state index contributed by atoms with van der Waals surface area (Å²) in [5.41, 5.74) is 5.27. The molecule has 178 valence electrons. The Hall–Kier alpha value is -3.81. The van der Waals surface area contributed by atoms with Crippen molar-refractivity contribution in [1.82, 2.24) is 14.9 Å². The summed E-state index contributed by atoms with van der Waals surface area (Å²) in [5, 5.41) is 22.1. The lowest BCUT2D eigenvalue weighted by atomic mass is 9.87. The second kappa shape index (κ2) is 9.44. The molecule has 0 saturated carbocycles. The number of hydrogen-bond acceptors (Lipinski definition) is 3. The fourth-order valence-corrected chi connectivity index (χ4v) is 5.12. The number of carboxylic acids is 2. The maximum atomic E-state index is 12.1. The Bertz CT molecular complexity index is 1510. The van der Waals surface area contributed by atoms with Crippen molar-refractivity contribution in [3.05, 3.63) is 88.2 Å². The van der Waals surface area contributed by atoms with Crippen LogP contribution in [0.15, 0.2) is 72.1 Å². The maximum absolute atomic E-state index is 12.1. The van der Waals surface area contributed by atoms with E-state index in [1.807, 2.05) is 54.9 Å². The number of carboxylic acid groups (broad SMARTS) is 2. The van der Waals surface area contributed by atoms with E-state index in [9.17, 15) is 19.8 Å². The summed E-state index contributed by atoms with van der Waals surface area (Å²) in [6.07, 6.45) is 6.02. The topological polar surface area (TPSA) is 109 Å². The van der Waals surface area contributed by atoms with Crippen LogP contribution in [-0.4, -0.2) is 56.7 Å². The zero-order chi connectivity index (χ0) is 24.5. The Morgan fingerprint density at radius 2 is 1.91 bits per heavy atom. The number of rotatable bonds is 7. The van der Waals surface area contributed by atoms with E-state index in [-0.39, 0.29) is 5.57 Å². The van der Waals surface area contributed by atoms with Crippen LogP contribution >= 0.6 is 11.6 Å². The number of nitrogens with one attached hydrogen (secondary N) is 2. The number of aromatic nitrogens is 2. The van der Waals surface area contributed by atoms with Gasteiger partial charge in [-0.2, -0.15) is 0 Å². The van der Waals surface area contributed by atoms with Crippen LogP contribution in [0.25, 0.3) is 27.4 Å². The lowest BCUT2D eigenvalue weighted by Gasteiger charge is -2.31. The van der Waals surface area contributed by atoms with Crippen LogP contribution in [0.5, 0.6) is 0 Å². The highest BCUT2D eigenvalue weighted by Crippen LogP contribution is 2.35. The van der Waals surface area contributed by atoms with Gasteiger partial charge in [0.25, 0.3) is 0 Å². The first-order chi connectivity index (χ1) is 16.9. The highest BCUT2D eigenvalue weighted by molar-refractivity contribution is 6.31. The molecule has 0 bridgehead atoms. The zero-order valence-corrected chi connectivity index (χ0v) is 19.6. The number of H-pyrrole nitrogens is 2. The summed E-state index contributed by atoms with van der Waals surface area (Å²) >= 11 is 6.10. The minimum absolute atomic E-state index is 0.175. The predicted octanol–water partition coefficient (Wildman–Crippen LogP) is 5.10. The van der Waals surface area contributed by atoms with Crippen molar-refractivity contribution in [3.8, 4) is 0 Å². The van der Waals surface area contributed by atoms with Crippen LogP contribution in [0, 0.1) is 0 Å². The van der Waals surface area contributed by atoms with E-state index in [4.69, 9.17) is 11.6 Å². The Morgan fingerprint density at radius 3 is 2.71 bits per heavy atom. The molecule has 3 heterocycles. The summed E-state index contributed by atoms with van der Waals surface area (Å²) in [7, 11) is 0. The Labute approximate surface area is 206 Å². The standard InChI is InChI=1S/C27H24ClN3O4/c28-17-4-5-18-16(14-30-25(18)12-17)7-10-31-11-8-20(19-2-1-3-24-21(19)6-9-29-24)23(15-31)22(27(34)35)13-26(32)33/h1-6,9,12-14,29-30H,7-8,10-11,15H2,(H,32,33)(H,34,35)/b22-13-. The Morgan fingerprint density at radius 1 is 1.06 bits per heavy atom. The van der Waals surface area contributed by atoms with Crippen molar-refractivity contribution in [2.24, 2.45) is 0 Å². The molecule has 0 saturated heterocycles. The zero-order valence-electron chi connectivity index (χ0n) is 18.8. The van der Waals surface area contributed by atoms with Crippen molar-refractivity contribution in [2.45, 2.75) is 12.8 Å². The molecule has 35 heavy (non-hydrogen) atoms. The lowest BCUT2D eigenvalue weighted by molar-refractivity contribution is -0.134. The normalized spacial score (nSPS) is 15.3. The number of halogens is 1. The molecular weight excluding hydrogens is 466 g/mol. The SMILES string of the molecule is O=C(O)/C=C(\C(=O)O)C1=C(c2cccc3[nH]ccc23)CCN(CCc2c[nH]c3cc(Cl)ccc23)C1. The third kappa shape index (κ3) is 4.60. The van der Waals surface area contributed by atoms with Gasteiger partial charge in [0.1, 0.15) is 0 Å². The van der Waals surface area contributed by atoms with E-state index in [1.165, 1.54) is 0 Å². The van der Waals surface area contributed by atoms with E-state index < -0.39 is 11.9 Å². The molecule has 0 amide bonds. The van der Waals surface area contributed by atoms with E-state index in [0.717, 1.165) is 57.5 Å². The highest BCUT2D eigenvalue weighted by atomic mass is 35.5. The van der Waals surface area contributed by atoms with E-state index in [1.54, 1.807) is 0 Å². The van der Waals surface area contributed by atoms with Crippen LogP contribution in [0.2, 0.25) is 5.02 Å². The number of nitrogens with zero attached hydrogens (tertiary/aromatic N) is 1. The molecule has 5 rings (SSSR count). The fraction of sp³-hybridized carbons (Fsp3) is 0.185. The van der Waals surface area contributed by atoms with Crippen LogP contribution in [0.1, 0.15) is 17.5 Å².